The molecule has 0 aliphatic carbocycles. The number of carbonyl (C=O) groups excluding carboxylic acids is 2. The summed E-state index contributed by atoms with van der Waals surface area (Å²) in [7, 11) is -3.57. The molecule has 0 aliphatic heterocycles. The molecule has 0 spiro atoms. The van der Waals surface area contributed by atoms with Gasteiger partial charge in [-0.15, -0.1) is 0 Å². The highest BCUT2D eigenvalue weighted by molar-refractivity contribution is 7.92. The summed E-state index contributed by atoms with van der Waals surface area (Å²) in [5, 5.41) is -0.834. The zero-order valence-electron chi connectivity index (χ0n) is 9.15. The Kier molecular flexibility index (Phi) is 5.49. The average Bonchev–Trinajstić information content (AvgIpc) is 2.01. The van der Waals surface area contributed by atoms with Gasteiger partial charge in [-0.1, -0.05) is 0 Å². The number of esters is 1. The second kappa shape index (κ2) is 5.85. The van der Waals surface area contributed by atoms with Gasteiger partial charge in [-0.2, -0.15) is 0 Å². The third-order valence-electron chi connectivity index (χ3n) is 1.81. The molecule has 0 heterocycles. The summed E-state index contributed by atoms with van der Waals surface area (Å²) in [6.07, 6.45) is -0.0677. The Morgan fingerprint density at radius 3 is 2.27 bits per heavy atom. The van der Waals surface area contributed by atoms with Gasteiger partial charge in [0.25, 0.3) is 0 Å². The molecule has 0 saturated heterocycles. The van der Waals surface area contributed by atoms with E-state index in [0.29, 0.717) is 0 Å². The van der Waals surface area contributed by atoms with E-state index in [0.717, 1.165) is 0 Å². The van der Waals surface area contributed by atoms with E-state index in [1.54, 1.807) is 6.92 Å². The molecule has 0 bridgehead atoms. The van der Waals surface area contributed by atoms with Crippen LogP contribution in [0.2, 0.25) is 0 Å². The second-order valence-electron chi connectivity index (χ2n) is 3.33. The van der Waals surface area contributed by atoms with Gasteiger partial charge in [-0.3, -0.25) is 9.59 Å². The number of ketones is 1. The summed E-state index contributed by atoms with van der Waals surface area (Å²) in [5.74, 6) is -1.64. The molecule has 0 fully saturated rings. The average molecular weight is 236 g/mol. The molecule has 88 valence electrons. The van der Waals surface area contributed by atoms with Crippen LogP contribution in [0.1, 0.15) is 27.2 Å². The Balaban J connectivity index is 4.41. The van der Waals surface area contributed by atoms with Crippen molar-refractivity contribution in [1.82, 2.24) is 0 Å². The molecule has 0 aromatic carbocycles. The smallest absolute Gasteiger partial charge is 0.321 e. The lowest BCUT2D eigenvalue weighted by Gasteiger charge is -2.10. The first-order chi connectivity index (χ1) is 6.79. The standard InChI is InChI=1S/C9H16O5S/c1-4-14-9(11)6-15(12,13)8(3)5-7(2)10/h8H,4-6H2,1-3H3. The van der Waals surface area contributed by atoms with Crippen LogP contribution in [0.25, 0.3) is 0 Å². The molecule has 0 radical (unpaired) electrons. The Hall–Kier alpha value is -0.910. The van der Waals surface area contributed by atoms with E-state index < -0.39 is 26.8 Å². The van der Waals surface area contributed by atoms with Gasteiger partial charge in [0.15, 0.2) is 9.84 Å². The van der Waals surface area contributed by atoms with Gasteiger partial charge in [-0.25, -0.2) is 8.42 Å². The lowest BCUT2D eigenvalue weighted by molar-refractivity contribution is -0.140. The van der Waals surface area contributed by atoms with E-state index in [4.69, 9.17) is 0 Å². The first-order valence-electron chi connectivity index (χ1n) is 4.66. The molecular formula is C9H16O5S. The van der Waals surface area contributed by atoms with Crippen molar-refractivity contribution in [2.45, 2.75) is 32.4 Å². The Morgan fingerprint density at radius 1 is 1.33 bits per heavy atom. The topological polar surface area (TPSA) is 77.5 Å². The minimum absolute atomic E-state index is 0.0677. The van der Waals surface area contributed by atoms with Crippen molar-refractivity contribution in [2.24, 2.45) is 0 Å². The van der Waals surface area contributed by atoms with Crippen molar-refractivity contribution in [3.63, 3.8) is 0 Å². The van der Waals surface area contributed by atoms with Gasteiger partial charge in [-0.05, 0) is 20.8 Å². The molecule has 0 rings (SSSR count). The van der Waals surface area contributed by atoms with E-state index in [1.807, 2.05) is 0 Å². The van der Waals surface area contributed by atoms with Gasteiger partial charge < -0.3 is 4.74 Å². The van der Waals surface area contributed by atoms with Crippen LogP contribution in [0.15, 0.2) is 0 Å². The van der Waals surface area contributed by atoms with E-state index in [-0.39, 0.29) is 18.8 Å². The molecule has 0 aromatic rings. The molecule has 5 nitrogen and oxygen atoms in total. The van der Waals surface area contributed by atoms with E-state index >= 15 is 0 Å². The van der Waals surface area contributed by atoms with E-state index in [2.05, 4.69) is 4.74 Å². The summed E-state index contributed by atoms with van der Waals surface area (Å²) in [6.45, 7) is 4.48. The largest absolute Gasteiger partial charge is 0.465 e. The molecule has 15 heavy (non-hydrogen) atoms. The summed E-state index contributed by atoms with van der Waals surface area (Å²) in [5.41, 5.74) is 0. The number of ether oxygens (including phenoxy) is 1. The van der Waals surface area contributed by atoms with Gasteiger partial charge in [0, 0.05) is 6.42 Å². The van der Waals surface area contributed by atoms with Crippen LogP contribution in [-0.4, -0.2) is 37.8 Å². The van der Waals surface area contributed by atoms with E-state index in [9.17, 15) is 18.0 Å². The summed E-state index contributed by atoms with van der Waals surface area (Å²) < 4.78 is 27.5. The third-order valence-corrected chi connectivity index (χ3v) is 3.84. The minimum atomic E-state index is -3.57. The van der Waals surface area contributed by atoms with Crippen molar-refractivity contribution < 1.29 is 22.7 Å². The first kappa shape index (κ1) is 14.1. The highest BCUT2D eigenvalue weighted by atomic mass is 32.2. The molecule has 0 saturated carbocycles. The maximum absolute atomic E-state index is 11.5. The van der Waals surface area contributed by atoms with Crippen molar-refractivity contribution in [2.75, 3.05) is 12.4 Å². The summed E-state index contributed by atoms with van der Waals surface area (Å²) in [6, 6.07) is 0. The van der Waals surface area contributed by atoms with E-state index in [1.165, 1.54) is 13.8 Å². The fourth-order valence-corrected chi connectivity index (χ4v) is 2.23. The first-order valence-corrected chi connectivity index (χ1v) is 6.37. The predicted molar refractivity (Wildman–Crippen MR) is 55.2 cm³/mol. The molecule has 6 heteroatoms. The maximum atomic E-state index is 11.5. The normalized spacial score (nSPS) is 13.3. The second-order valence-corrected chi connectivity index (χ2v) is 5.75. The van der Waals surface area contributed by atoms with Crippen LogP contribution in [0.4, 0.5) is 0 Å². The Labute approximate surface area is 89.7 Å². The quantitative estimate of drug-likeness (QED) is 0.621. The molecular weight excluding hydrogens is 220 g/mol. The van der Waals surface area contributed by atoms with Gasteiger partial charge in [0.1, 0.15) is 11.5 Å². The van der Waals surface area contributed by atoms with Crippen LogP contribution < -0.4 is 0 Å². The lowest BCUT2D eigenvalue weighted by Crippen LogP contribution is -2.28. The number of sulfone groups is 1. The monoisotopic (exact) mass is 236 g/mol. The fourth-order valence-electron chi connectivity index (χ4n) is 1.04. The molecule has 0 aliphatic rings. The number of Topliss-reactive ketones (excluding diaryl/α,β-unsaturated/α-hetero) is 1. The van der Waals surface area contributed by atoms with Gasteiger partial charge in [0.2, 0.25) is 0 Å². The molecule has 0 amide bonds. The Morgan fingerprint density at radius 2 is 1.87 bits per heavy atom. The molecule has 0 N–H and O–H groups in total. The van der Waals surface area contributed by atoms with Gasteiger partial charge in [0.05, 0.1) is 11.9 Å². The van der Waals surface area contributed by atoms with Gasteiger partial charge >= 0.3 is 5.97 Å². The fraction of sp³-hybridized carbons (Fsp3) is 0.778. The van der Waals surface area contributed by atoms with Crippen molar-refractivity contribution in [1.29, 1.82) is 0 Å². The third kappa shape index (κ3) is 5.51. The van der Waals surface area contributed by atoms with Crippen LogP contribution in [0.5, 0.6) is 0 Å². The summed E-state index contributed by atoms with van der Waals surface area (Å²) in [4.78, 5) is 21.7. The van der Waals surface area contributed by atoms with Crippen molar-refractivity contribution in [3.05, 3.63) is 0 Å². The highest BCUT2D eigenvalue weighted by Gasteiger charge is 2.25. The zero-order valence-corrected chi connectivity index (χ0v) is 9.96. The number of carbonyl (C=O) groups is 2. The van der Waals surface area contributed by atoms with Crippen molar-refractivity contribution in [3.8, 4) is 0 Å². The van der Waals surface area contributed by atoms with Crippen LogP contribution >= 0.6 is 0 Å². The van der Waals surface area contributed by atoms with Crippen LogP contribution in [0, 0.1) is 0 Å². The zero-order chi connectivity index (χ0) is 12.1. The molecule has 1 unspecified atom stereocenters. The molecule has 1 atom stereocenters. The Bertz CT molecular complexity index is 330. The molecule has 0 aromatic heterocycles. The van der Waals surface area contributed by atoms with Crippen molar-refractivity contribution >= 4 is 21.6 Å². The van der Waals surface area contributed by atoms with Crippen LogP contribution in [-0.2, 0) is 24.2 Å². The van der Waals surface area contributed by atoms with Crippen LogP contribution in [0.3, 0.4) is 0 Å². The lowest BCUT2D eigenvalue weighted by atomic mass is 10.2. The predicted octanol–water partition coefficient (Wildman–Crippen LogP) is 0.332. The SMILES string of the molecule is CCOC(=O)CS(=O)(=O)C(C)CC(C)=O. The number of rotatable bonds is 6. The highest BCUT2D eigenvalue weighted by Crippen LogP contribution is 2.07. The summed E-state index contributed by atoms with van der Waals surface area (Å²) >= 11 is 0. The number of hydrogen-bond donors (Lipinski definition) is 0. The maximum Gasteiger partial charge on any atom is 0.321 e. The minimum Gasteiger partial charge on any atom is -0.465 e. The number of hydrogen-bond acceptors (Lipinski definition) is 5.